The van der Waals surface area contributed by atoms with Gasteiger partial charge >= 0.3 is 0 Å². The largest absolute Gasteiger partial charge is 0.259 e. The van der Waals surface area contributed by atoms with E-state index in [2.05, 4.69) is 4.98 Å². The molecule has 0 spiro atoms. The third-order valence-corrected chi connectivity index (χ3v) is 5.94. The number of sulfonamides is 1. The molecule has 0 aliphatic carbocycles. The zero-order valence-electron chi connectivity index (χ0n) is 14.2. The van der Waals surface area contributed by atoms with E-state index in [1.165, 1.54) is 13.2 Å². The topological polar surface area (TPSA) is 50.3 Å². The van der Waals surface area contributed by atoms with Gasteiger partial charge in [0.05, 0.1) is 11.7 Å². The summed E-state index contributed by atoms with van der Waals surface area (Å²) >= 11 is 0. The molecule has 2 aromatic carbocycles. The van der Waals surface area contributed by atoms with Gasteiger partial charge in [0, 0.05) is 13.2 Å². The van der Waals surface area contributed by atoms with Gasteiger partial charge < -0.3 is 0 Å². The van der Waals surface area contributed by atoms with Gasteiger partial charge in [0.1, 0.15) is 4.90 Å². The van der Waals surface area contributed by atoms with Crippen LogP contribution in [0.3, 0.4) is 0 Å². The van der Waals surface area contributed by atoms with Crippen LogP contribution in [-0.2, 0) is 10.0 Å². The van der Waals surface area contributed by atoms with Crippen molar-refractivity contribution in [1.29, 1.82) is 0 Å². The Morgan fingerprint density at radius 2 is 1.56 bits per heavy atom. The second-order valence-electron chi connectivity index (χ2n) is 5.76. The minimum Gasteiger partial charge on any atom is -0.259 e. The molecule has 140 valence electrons. The summed E-state index contributed by atoms with van der Waals surface area (Å²) in [6, 6.07) is 14.0. The average Bonchev–Trinajstić information content (AvgIpc) is 2.68. The summed E-state index contributed by atoms with van der Waals surface area (Å²) in [5.74, 6) is -5.05. The normalized spacial score (nSPS) is 12.9. The number of benzene rings is 2. The van der Waals surface area contributed by atoms with Crippen molar-refractivity contribution in [3.63, 3.8) is 0 Å². The van der Waals surface area contributed by atoms with Crippen LogP contribution in [0.4, 0.5) is 13.2 Å². The Kier molecular flexibility index (Phi) is 5.29. The fraction of sp³-hybridized carbons (Fsp3) is 0.105. The maximum atomic E-state index is 14.2. The van der Waals surface area contributed by atoms with Crippen LogP contribution >= 0.6 is 0 Å². The number of rotatable bonds is 5. The molecule has 27 heavy (non-hydrogen) atoms. The lowest BCUT2D eigenvalue weighted by Gasteiger charge is -2.27. The van der Waals surface area contributed by atoms with Gasteiger partial charge in [-0.25, -0.2) is 21.6 Å². The molecule has 0 aliphatic heterocycles. The van der Waals surface area contributed by atoms with Gasteiger partial charge in [-0.05, 0) is 29.8 Å². The molecule has 0 amide bonds. The van der Waals surface area contributed by atoms with Crippen LogP contribution in [0.15, 0.2) is 71.8 Å². The monoisotopic (exact) mass is 392 g/mol. The van der Waals surface area contributed by atoms with Crippen molar-refractivity contribution in [3.05, 3.63) is 95.6 Å². The van der Waals surface area contributed by atoms with E-state index in [1.807, 2.05) is 0 Å². The SMILES string of the molecule is CN([C@H](c1ccccc1)c1ccccn1)S(=O)(=O)c1ccc(F)c(F)c1F. The van der Waals surface area contributed by atoms with E-state index in [1.54, 1.807) is 48.5 Å². The molecule has 0 bridgehead atoms. The van der Waals surface area contributed by atoms with Crippen LogP contribution in [0.25, 0.3) is 0 Å². The van der Waals surface area contributed by atoms with Gasteiger partial charge in [0.25, 0.3) is 0 Å². The van der Waals surface area contributed by atoms with Crippen LogP contribution in [-0.4, -0.2) is 24.8 Å². The number of aromatic nitrogens is 1. The molecule has 0 unspecified atom stereocenters. The van der Waals surface area contributed by atoms with Crippen molar-refractivity contribution >= 4 is 10.0 Å². The van der Waals surface area contributed by atoms with Crippen molar-refractivity contribution in [3.8, 4) is 0 Å². The lowest BCUT2D eigenvalue weighted by atomic mass is 10.0. The second kappa shape index (κ2) is 7.50. The molecule has 0 N–H and O–H groups in total. The van der Waals surface area contributed by atoms with Crippen LogP contribution in [0.2, 0.25) is 0 Å². The van der Waals surface area contributed by atoms with E-state index in [9.17, 15) is 21.6 Å². The summed E-state index contributed by atoms with van der Waals surface area (Å²) in [4.78, 5) is 3.26. The van der Waals surface area contributed by atoms with Gasteiger partial charge in [-0.3, -0.25) is 4.98 Å². The molecule has 1 heterocycles. The highest BCUT2D eigenvalue weighted by molar-refractivity contribution is 7.89. The second-order valence-corrected chi connectivity index (χ2v) is 7.73. The molecule has 3 aromatic rings. The predicted molar refractivity (Wildman–Crippen MR) is 93.8 cm³/mol. The maximum Gasteiger partial charge on any atom is 0.246 e. The minimum atomic E-state index is -4.49. The highest BCUT2D eigenvalue weighted by Gasteiger charge is 2.34. The number of hydrogen-bond acceptors (Lipinski definition) is 3. The lowest BCUT2D eigenvalue weighted by Crippen LogP contribution is -2.33. The Morgan fingerprint density at radius 3 is 2.19 bits per heavy atom. The van der Waals surface area contributed by atoms with E-state index in [4.69, 9.17) is 0 Å². The highest BCUT2D eigenvalue weighted by atomic mass is 32.2. The molecule has 0 aliphatic rings. The Morgan fingerprint density at radius 1 is 0.889 bits per heavy atom. The minimum absolute atomic E-state index is 0.401. The van der Waals surface area contributed by atoms with E-state index >= 15 is 0 Å². The molecule has 3 rings (SSSR count). The van der Waals surface area contributed by atoms with Crippen molar-refractivity contribution in [2.75, 3.05) is 7.05 Å². The molecular formula is C19H15F3N2O2S. The van der Waals surface area contributed by atoms with Crippen molar-refractivity contribution in [2.45, 2.75) is 10.9 Å². The quantitative estimate of drug-likeness (QED) is 0.619. The third kappa shape index (κ3) is 3.58. The molecule has 1 atom stereocenters. The average molecular weight is 392 g/mol. The Labute approximate surface area is 155 Å². The Hall–Kier alpha value is -2.71. The van der Waals surface area contributed by atoms with Gasteiger partial charge in [-0.1, -0.05) is 36.4 Å². The fourth-order valence-electron chi connectivity index (χ4n) is 2.74. The first-order valence-electron chi connectivity index (χ1n) is 7.91. The molecule has 0 radical (unpaired) electrons. The summed E-state index contributed by atoms with van der Waals surface area (Å²) in [6.07, 6.45) is 1.50. The van der Waals surface area contributed by atoms with E-state index in [-0.39, 0.29) is 0 Å². The summed E-state index contributed by atoms with van der Waals surface area (Å²) in [5, 5.41) is 0. The molecule has 0 fully saturated rings. The molecule has 1 aromatic heterocycles. The van der Waals surface area contributed by atoms with Gasteiger partial charge in [0.15, 0.2) is 17.5 Å². The predicted octanol–water partition coefficient (Wildman–Crippen LogP) is 3.91. The van der Waals surface area contributed by atoms with Gasteiger partial charge in [0.2, 0.25) is 10.0 Å². The van der Waals surface area contributed by atoms with Crippen LogP contribution in [0.5, 0.6) is 0 Å². The Bertz CT molecular complexity index is 1010. The summed E-state index contributed by atoms with van der Waals surface area (Å²) < 4.78 is 67.8. The van der Waals surface area contributed by atoms with Gasteiger partial charge in [-0.15, -0.1) is 0 Å². The zero-order valence-corrected chi connectivity index (χ0v) is 15.0. The summed E-state index contributed by atoms with van der Waals surface area (Å²) in [7, 11) is -3.25. The van der Waals surface area contributed by atoms with E-state index in [0.29, 0.717) is 23.4 Å². The number of hydrogen-bond donors (Lipinski definition) is 0. The fourth-order valence-corrected chi connectivity index (χ4v) is 4.11. The summed E-state index contributed by atoms with van der Waals surface area (Å²) in [5.41, 5.74) is 0.989. The van der Waals surface area contributed by atoms with Crippen molar-refractivity contribution in [2.24, 2.45) is 0 Å². The first-order valence-corrected chi connectivity index (χ1v) is 9.35. The Balaban J connectivity index is 2.14. The highest BCUT2D eigenvalue weighted by Crippen LogP contribution is 2.32. The molecule has 0 saturated heterocycles. The first-order chi connectivity index (χ1) is 12.8. The molecule has 8 heteroatoms. The maximum absolute atomic E-state index is 14.2. The smallest absolute Gasteiger partial charge is 0.246 e. The molecule has 4 nitrogen and oxygen atoms in total. The number of pyridine rings is 1. The van der Waals surface area contributed by atoms with Crippen LogP contribution in [0.1, 0.15) is 17.3 Å². The molecular weight excluding hydrogens is 377 g/mol. The molecule has 0 saturated carbocycles. The number of halogens is 3. The van der Waals surface area contributed by atoms with Crippen molar-refractivity contribution in [1.82, 2.24) is 9.29 Å². The van der Waals surface area contributed by atoms with E-state index in [0.717, 1.165) is 4.31 Å². The van der Waals surface area contributed by atoms with E-state index < -0.39 is 38.4 Å². The van der Waals surface area contributed by atoms with Crippen LogP contribution < -0.4 is 0 Å². The standard InChI is InChI=1S/C19H15F3N2O2S/c1-24(27(25,26)16-11-10-14(20)17(21)18(16)22)19(13-7-3-2-4-8-13)15-9-5-6-12-23-15/h2-12,19H,1H3/t19-/m1/s1. The first kappa shape index (κ1) is 19.1. The lowest BCUT2D eigenvalue weighted by molar-refractivity contribution is 0.398. The van der Waals surface area contributed by atoms with Gasteiger partial charge in [-0.2, -0.15) is 4.31 Å². The van der Waals surface area contributed by atoms with Crippen LogP contribution in [0, 0.1) is 17.5 Å². The van der Waals surface area contributed by atoms with Crippen molar-refractivity contribution < 1.29 is 21.6 Å². The summed E-state index contributed by atoms with van der Waals surface area (Å²) in [6.45, 7) is 0. The zero-order chi connectivity index (χ0) is 19.6. The third-order valence-electron chi connectivity index (χ3n) is 4.10. The number of nitrogens with zero attached hydrogens (tertiary/aromatic N) is 2.